The van der Waals surface area contributed by atoms with Gasteiger partial charge >= 0.3 is 6.09 Å². The second-order valence-electron chi connectivity index (χ2n) is 5.04. The quantitative estimate of drug-likeness (QED) is 0.785. The van der Waals surface area contributed by atoms with Crippen LogP contribution >= 0.6 is 11.6 Å². The van der Waals surface area contributed by atoms with E-state index in [0.29, 0.717) is 5.02 Å². The van der Waals surface area contributed by atoms with Crippen molar-refractivity contribution in [3.63, 3.8) is 0 Å². The van der Waals surface area contributed by atoms with E-state index in [4.69, 9.17) is 25.8 Å². The van der Waals surface area contributed by atoms with Gasteiger partial charge in [-0.05, 0) is 25.8 Å². The molecule has 0 aromatic heterocycles. The molecule has 0 radical (unpaired) electrons. The molecule has 2 rings (SSSR count). The molecule has 1 fully saturated rings. The van der Waals surface area contributed by atoms with Gasteiger partial charge in [-0.2, -0.15) is 0 Å². The van der Waals surface area contributed by atoms with E-state index in [1.54, 1.807) is 13.0 Å². The normalized spacial score (nSPS) is 17.1. The molecule has 0 bridgehead atoms. The summed E-state index contributed by atoms with van der Waals surface area (Å²) in [7, 11) is 1.54. The number of benzene rings is 1. The number of nitrogens with one attached hydrogen (secondary N) is 1. The molecule has 116 valence electrons. The Labute approximate surface area is 129 Å². The second kappa shape index (κ2) is 7.64. The first-order chi connectivity index (χ1) is 10.1. The molecule has 1 amide bonds. The van der Waals surface area contributed by atoms with Gasteiger partial charge in [-0.1, -0.05) is 29.8 Å². The molecule has 1 aliphatic carbocycles. The molecule has 0 spiro atoms. The van der Waals surface area contributed by atoms with E-state index >= 15 is 0 Å². The van der Waals surface area contributed by atoms with Crippen molar-refractivity contribution in [2.24, 2.45) is 0 Å². The third kappa shape index (κ3) is 4.88. The van der Waals surface area contributed by atoms with E-state index < -0.39 is 18.3 Å². The van der Waals surface area contributed by atoms with Crippen molar-refractivity contribution in [2.45, 2.75) is 38.0 Å². The van der Waals surface area contributed by atoms with Crippen LogP contribution in [0.15, 0.2) is 24.3 Å². The number of halogens is 1. The highest BCUT2D eigenvalue weighted by molar-refractivity contribution is 6.31. The van der Waals surface area contributed by atoms with Gasteiger partial charge < -0.3 is 19.5 Å². The lowest BCUT2D eigenvalue weighted by Crippen LogP contribution is -2.33. The maximum absolute atomic E-state index is 11.7. The van der Waals surface area contributed by atoms with Gasteiger partial charge in [-0.15, -0.1) is 0 Å². The third-order valence-corrected chi connectivity index (χ3v) is 3.54. The molecule has 1 aromatic carbocycles. The number of hydrogen-bond acceptors (Lipinski definition) is 4. The monoisotopic (exact) mass is 313 g/mol. The van der Waals surface area contributed by atoms with Crippen LogP contribution in [0, 0.1) is 0 Å². The molecule has 1 aliphatic rings. The molecule has 2 atom stereocenters. The van der Waals surface area contributed by atoms with Gasteiger partial charge in [0.2, 0.25) is 0 Å². The summed E-state index contributed by atoms with van der Waals surface area (Å²) >= 11 is 6.20. The second-order valence-corrected chi connectivity index (χ2v) is 5.45. The highest BCUT2D eigenvalue weighted by atomic mass is 35.5. The number of alkyl carbamates (subject to hydrolysis) is 1. The summed E-state index contributed by atoms with van der Waals surface area (Å²) in [6.45, 7) is 1.87. The van der Waals surface area contributed by atoms with Gasteiger partial charge in [0.05, 0.1) is 0 Å². The van der Waals surface area contributed by atoms with Crippen molar-refractivity contribution in [3.05, 3.63) is 34.9 Å². The maximum Gasteiger partial charge on any atom is 0.407 e. The summed E-state index contributed by atoms with van der Waals surface area (Å²) in [5, 5.41) is 3.35. The lowest BCUT2D eigenvalue weighted by atomic mass is 10.1. The molecule has 21 heavy (non-hydrogen) atoms. The Morgan fingerprint density at radius 3 is 2.76 bits per heavy atom. The van der Waals surface area contributed by atoms with Crippen LogP contribution in [0.25, 0.3) is 0 Å². The number of carbonyl (C=O) groups excluding carboxylic acids is 1. The van der Waals surface area contributed by atoms with E-state index in [1.165, 1.54) is 7.11 Å². The molecular weight excluding hydrogens is 294 g/mol. The van der Waals surface area contributed by atoms with Crippen LogP contribution in [-0.2, 0) is 14.2 Å². The number of methoxy groups -OCH3 is 1. The van der Waals surface area contributed by atoms with E-state index in [1.807, 2.05) is 18.2 Å². The third-order valence-electron chi connectivity index (χ3n) is 3.20. The molecule has 6 heteroatoms. The highest BCUT2D eigenvalue weighted by Crippen LogP contribution is 2.30. The maximum atomic E-state index is 11.7. The standard InChI is InChI=1S/C15H20ClNO4/c1-10(21-15(18)17-11-7-8-11)14(20-9-19-2)12-5-3-4-6-13(12)16/h3-6,10-11,14H,7-9H2,1-2H3,(H,17,18). The van der Waals surface area contributed by atoms with E-state index in [2.05, 4.69) is 5.32 Å². The van der Waals surface area contributed by atoms with Crippen LogP contribution in [-0.4, -0.2) is 32.1 Å². The van der Waals surface area contributed by atoms with E-state index in [0.717, 1.165) is 18.4 Å². The zero-order chi connectivity index (χ0) is 15.2. The molecule has 5 nitrogen and oxygen atoms in total. The largest absolute Gasteiger partial charge is 0.443 e. The van der Waals surface area contributed by atoms with Crippen molar-refractivity contribution in [1.29, 1.82) is 0 Å². The van der Waals surface area contributed by atoms with Crippen LogP contribution in [0.3, 0.4) is 0 Å². The molecule has 2 unspecified atom stereocenters. The Balaban J connectivity index is 2.03. The number of ether oxygens (including phenoxy) is 3. The molecule has 0 aliphatic heterocycles. The van der Waals surface area contributed by atoms with Gasteiger partial charge in [0.1, 0.15) is 19.0 Å². The van der Waals surface area contributed by atoms with Gasteiger partial charge in [-0.25, -0.2) is 4.79 Å². The predicted molar refractivity (Wildman–Crippen MR) is 79.3 cm³/mol. The van der Waals surface area contributed by atoms with Gasteiger partial charge in [-0.3, -0.25) is 0 Å². The summed E-state index contributed by atoms with van der Waals surface area (Å²) < 4.78 is 16.0. The Kier molecular flexibility index (Phi) is 5.85. The highest BCUT2D eigenvalue weighted by Gasteiger charge is 2.28. The Bertz CT molecular complexity index is 478. The molecule has 1 saturated carbocycles. The minimum atomic E-state index is -0.487. The van der Waals surface area contributed by atoms with Crippen molar-refractivity contribution in [1.82, 2.24) is 5.32 Å². The molecule has 0 heterocycles. The minimum Gasteiger partial charge on any atom is -0.443 e. The first-order valence-electron chi connectivity index (χ1n) is 6.94. The Morgan fingerprint density at radius 1 is 1.43 bits per heavy atom. The number of carbonyl (C=O) groups is 1. The lowest BCUT2D eigenvalue weighted by Gasteiger charge is -2.25. The number of amides is 1. The topological polar surface area (TPSA) is 56.8 Å². The summed E-state index contributed by atoms with van der Waals surface area (Å²) in [4.78, 5) is 11.7. The zero-order valence-electron chi connectivity index (χ0n) is 12.2. The lowest BCUT2D eigenvalue weighted by molar-refractivity contribution is -0.112. The van der Waals surface area contributed by atoms with E-state index in [-0.39, 0.29) is 12.8 Å². The van der Waals surface area contributed by atoms with Crippen molar-refractivity contribution < 1.29 is 19.0 Å². The number of rotatable bonds is 7. The van der Waals surface area contributed by atoms with Crippen molar-refractivity contribution in [3.8, 4) is 0 Å². The SMILES string of the molecule is COCOC(c1ccccc1Cl)C(C)OC(=O)NC1CC1. The smallest absolute Gasteiger partial charge is 0.407 e. The van der Waals surface area contributed by atoms with Gasteiger partial charge in [0, 0.05) is 23.7 Å². The first kappa shape index (κ1) is 16.1. The van der Waals surface area contributed by atoms with Crippen molar-refractivity contribution >= 4 is 17.7 Å². The van der Waals surface area contributed by atoms with Gasteiger partial charge in [0.15, 0.2) is 0 Å². The summed E-state index contributed by atoms with van der Waals surface area (Å²) in [6.07, 6.45) is 0.625. The fourth-order valence-corrected chi connectivity index (χ4v) is 2.23. The number of hydrogen-bond donors (Lipinski definition) is 1. The molecular formula is C15H20ClNO4. The summed E-state index contributed by atoms with van der Waals surface area (Å²) in [5.74, 6) is 0. The predicted octanol–water partition coefficient (Wildman–Crippen LogP) is 3.28. The van der Waals surface area contributed by atoms with Crippen LogP contribution in [0.4, 0.5) is 4.79 Å². The molecule has 1 N–H and O–H groups in total. The van der Waals surface area contributed by atoms with Gasteiger partial charge in [0.25, 0.3) is 0 Å². The average Bonchev–Trinajstić information content (AvgIpc) is 3.24. The van der Waals surface area contributed by atoms with E-state index in [9.17, 15) is 4.79 Å². The van der Waals surface area contributed by atoms with Crippen LogP contribution in [0.5, 0.6) is 0 Å². The Hall–Kier alpha value is -1.30. The zero-order valence-corrected chi connectivity index (χ0v) is 12.9. The van der Waals surface area contributed by atoms with Crippen LogP contribution in [0.1, 0.15) is 31.4 Å². The first-order valence-corrected chi connectivity index (χ1v) is 7.31. The van der Waals surface area contributed by atoms with Crippen LogP contribution < -0.4 is 5.32 Å². The fourth-order valence-electron chi connectivity index (χ4n) is 1.98. The van der Waals surface area contributed by atoms with Crippen LogP contribution in [0.2, 0.25) is 5.02 Å². The molecule has 1 aromatic rings. The minimum absolute atomic E-state index is 0.0911. The summed E-state index contributed by atoms with van der Waals surface area (Å²) in [5.41, 5.74) is 0.767. The average molecular weight is 314 g/mol. The molecule has 0 saturated heterocycles. The fraction of sp³-hybridized carbons (Fsp3) is 0.533. The summed E-state index contributed by atoms with van der Waals surface area (Å²) in [6, 6.07) is 7.58. The Morgan fingerprint density at radius 2 is 2.14 bits per heavy atom. The van der Waals surface area contributed by atoms with Crippen molar-refractivity contribution in [2.75, 3.05) is 13.9 Å².